The Kier molecular flexibility index (Phi) is 6.32. The number of amides is 1. The molecule has 30 heavy (non-hydrogen) atoms. The van der Waals surface area contributed by atoms with Crippen LogP contribution in [-0.2, 0) is 14.8 Å². The van der Waals surface area contributed by atoms with Crippen LogP contribution in [0.25, 0.3) is 0 Å². The summed E-state index contributed by atoms with van der Waals surface area (Å²) >= 11 is 0. The van der Waals surface area contributed by atoms with E-state index in [9.17, 15) is 27.7 Å². The van der Waals surface area contributed by atoms with E-state index in [1.54, 1.807) is 13.0 Å². The highest BCUT2D eigenvalue weighted by Crippen LogP contribution is 2.27. The molecule has 0 atom stereocenters. The lowest BCUT2D eigenvalue weighted by molar-refractivity contribution is -0.385. The van der Waals surface area contributed by atoms with E-state index in [0.29, 0.717) is 5.56 Å². The topological polar surface area (TPSA) is 110 Å². The number of carbonyl (C=O) groups excluding carboxylic acids is 1. The van der Waals surface area contributed by atoms with E-state index < -0.39 is 33.3 Å². The molecule has 2 aromatic rings. The van der Waals surface area contributed by atoms with Crippen molar-refractivity contribution < 1.29 is 27.3 Å². The van der Waals surface area contributed by atoms with Gasteiger partial charge in [0.25, 0.3) is 5.91 Å². The van der Waals surface area contributed by atoms with E-state index in [1.807, 2.05) is 0 Å². The van der Waals surface area contributed by atoms with E-state index in [2.05, 4.69) is 0 Å². The molecule has 1 fully saturated rings. The highest BCUT2D eigenvalue weighted by Gasteiger charge is 2.30. The van der Waals surface area contributed by atoms with Gasteiger partial charge in [0.15, 0.2) is 12.4 Å². The number of aryl methyl sites for hydroxylation is 1. The summed E-state index contributed by atoms with van der Waals surface area (Å²) in [4.78, 5) is 24.4. The summed E-state index contributed by atoms with van der Waals surface area (Å²) in [6.07, 6.45) is 0. The second-order valence-electron chi connectivity index (χ2n) is 6.76. The van der Waals surface area contributed by atoms with Gasteiger partial charge in [-0.2, -0.15) is 4.31 Å². The number of hydrogen-bond acceptors (Lipinski definition) is 6. The zero-order chi connectivity index (χ0) is 21.9. The monoisotopic (exact) mass is 437 g/mol. The number of ether oxygens (including phenoxy) is 1. The van der Waals surface area contributed by atoms with Crippen molar-refractivity contribution in [3.05, 3.63) is 64.0 Å². The van der Waals surface area contributed by atoms with Gasteiger partial charge in [-0.15, -0.1) is 0 Å². The molecule has 0 aliphatic carbocycles. The molecule has 0 saturated carbocycles. The van der Waals surface area contributed by atoms with Gasteiger partial charge >= 0.3 is 5.69 Å². The number of sulfonamides is 1. The van der Waals surface area contributed by atoms with Crippen LogP contribution >= 0.6 is 0 Å². The predicted molar refractivity (Wildman–Crippen MR) is 105 cm³/mol. The van der Waals surface area contributed by atoms with Crippen molar-refractivity contribution in [2.24, 2.45) is 0 Å². The highest BCUT2D eigenvalue weighted by molar-refractivity contribution is 7.89. The molecule has 1 aliphatic heterocycles. The fourth-order valence-corrected chi connectivity index (χ4v) is 4.48. The lowest BCUT2D eigenvalue weighted by atomic mass is 10.2. The highest BCUT2D eigenvalue weighted by atomic mass is 32.2. The van der Waals surface area contributed by atoms with Crippen LogP contribution in [0.15, 0.2) is 47.4 Å². The number of halogens is 1. The van der Waals surface area contributed by atoms with Crippen LogP contribution in [0.4, 0.5) is 10.1 Å². The minimum atomic E-state index is -3.78. The number of nitro groups is 1. The van der Waals surface area contributed by atoms with Crippen molar-refractivity contribution in [1.82, 2.24) is 9.21 Å². The molecule has 0 unspecified atom stereocenters. The predicted octanol–water partition coefficient (Wildman–Crippen LogP) is 1.95. The molecule has 9 nitrogen and oxygen atoms in total. The van der Waals surface area contributed by atoms with Gasteiger partial charge < -0.3 is 9.64 Å². The number of hydrogen-bond donors (Lipinski definition) is 0. The van der Waals surface area contributed by atoms with Crippen molar-refractivity contribution in [2.75, 3.05) is 32.8 Å². The molecule has 1 heterocycles. The molecule has 0 spiro atoms. The van der Waals surface area contributed by atoms with Crippen LogP contribution in [0.2, 0.25) is 0 Å². The zero-order valence-corrected chi connectivity index (χ0v) is 17.0. The average molecular weight is 437 g/mol. The molecule has 2 aromatic carbocycles. The lowest BCUT2D eigenvalue weighted by Crippen LogP contribution is -2.51. The van der Waals surface area contributed by atoms with E-state index in [1.165, 1.54) is 33.5 Å². The van der Waals surface area contributed by atoms with Gasteiger partial charge in [-0.05, 0) is 42.8 Å². The Morgan fingerprint density at radius 3 is 2.37 bits per heavy atom. The summed E-state index contributed by atoms with van der Waals surface area (Å²) in [5, 5.41) is 11.1. The first-order valence-corrected chi connectivity index (χ1v) is 10.5. The van der Waals surface area contributed by atoms with Crippen LogP contribution in [0.5, 0.6) is 5.75 Å². The molecule has 1 saturated heterocycles. The van der Waals surface area contributed by atoms with Crippen LogP contribution in [0.1, 0.15) is 5.56 Å². The molecule has 0 N–H and O–H groups in total. The number of nitrogens with zero attached hydrogens (tertiary/aromatic N) is 3. The first-order valence-electron chi connectivity index (χ1n) is 9.10. The summed E-state index contributed by atoms with van der Waals surface area (Å²) < 4.78 is 44.9. The normalized spacial score (nSPS) is 15.1. The molecular formula is C19H20FN3O6S. The Labute approximate surface area is 172 Å². The standard InChI is InChI=1S/C19H20FN3O6S/c1-14-2-7-18(17(12-14)23(25)26)29-13-19(24)21-8-10-22(11-9-21)30(27,28)16-5-3-15(20)4-6-16/h2-7,12H,8-11,13H2,1H3. The lowest BCUT2D eigenvalue weighted by Gasteiger charge is -2.33. The smallest absolute Gasteiger partial charge is 0.311 e. The van der Waals surface area contributed by atoms with Crippen molar-refractivity contribution in [3.63, 3.8) is 0 Å². The third-order valence-electron chi connectivity index (χ3n) is 4.71. The Morgan fingerprint density at radius 1 is 1.13 bits per heavy atom. The van der Waals surface area contributed by atoms with Crippen molar-refractivity contribution in [1.29, 1.82) is 0 Å². The maximum Gasteiger partial charge on any atom is 0.311 e. The first-order chi connectivity index (χ1) is 14.2. The van der Waals surface area contributed by atoms with Crippen molar-refractivity contribution >= 4 is 21.6 Å². The molecule has 0 radical (unpaired) electrons. The van der Waals surface area contributed by atoms with Gasteiger partial charge in [0, 0.05) is 32.2 Å². The molecular weight excluding hydrogens is 417 g/mol. The Balaban J connectivity index is 1.58. The Bertz CT molecular complexity index is 1050. The van der Waals surface area contributed by atoms with Gasteiger partial charge in [-0.3, -0.25) is 14.9 Å². The van der Waals surface area contributed by atoms with Crippen molar-refractivity contribution in [3.8, 4) is 5.75 Å². The summed E-state index contributed by atoms with van der Waals surface area (Å²) in [5.74, 6) is -0.932. The molecule has 11 heteroatoms. The molecule has 1 aliphatic rings. The molecule has 0 aromatic heterocycles. The Hall–Kier alpha value is -3.05. The maximum absolute atomic E-state index is 13.0. The number of carbonyl (C=O) groups is 1. The van der Waals surface area contributed by atoms with Crippen LogP contribution in [0.3, 0.4) is 0 Å². The van der Waals surface area contributed by atoms with Gasteiger partial charge in [-0.1, -0.05) is 6.07 Å². The second kappa shape index (κ2) is 8.76. The number of benzene rings is 2. The molecule has 3 rings (SSSR count). The fraction of sp³-hybridized carbons (Fsp3) is 0.316. The second-order valence-corrected chi connectivity index (χ2v) is 8.69. The van der Waals surface area contributed by atoms with E-state index in [0.717, 1.165) is 12.1 Å². The van der Waals surface area contributed by atoms with Crippen LogP contribution < -0.4 is 4.74 Å². The quantitative estimate of drug-likeness (QED) is 0.505. The minimum absolute atomic E-state index is 0.00327. The van der Waals surface area contributed by atoms with Gasteiger partial charge in [-0.25, -0.2) is 12.8 Å². The van der Waals surface area contributed by atoms with Crippen molar-refractivity contribution in [2.45, 2.75) is 11.8 Å². The molecule has 0 bridgehead atoms. The summed E-state index contributed by atoms with van der Waals surface area (Å²) in [6, 6.07) is 9.00. The van der Waals surface area contributed by atoms with E-state index in [-0.39, 0.29) is 42.5 Å². The Morgan fingerprint density at radius 2 is 1.77 bits per heavy atom. The average Bonchev–Trinajstić information content (AvgIpc) is 2.73. The van der Waals surface area contributed by atoms with E-state index >= 15 is 0 Å². The third-order valence-corrected chi connectivity index (χ3v) is 6.62. The fourth-order valence-electron chi connectivity index (χ4n) is 3.06. The van der Waals surface area contributed by atoms with E-state index in [4.69, 9.17) is 4.74 Å². The largest absolute Gasteiger partial charge is 0.477 e. The van der Waals surface area contributed by atoms with Crippen LogP contribution in [0, 0.1) is 22.9 Å². The van der Waals surface area contributed by atoms with Gasteiger partial charge in [0.1, 0.15) is 5.82 Å². The summed E-state index contributed by atoms with van der Waals surface area (Å²) in [5.41, 5.74) is 0.469. The number of nitro benzene ring substituents is 1. The summed E-state index contributed by atoms with van der Waals surface area (Å²) in [6.45, 7) is 1.78. The number of rotatable bonds is 6. The molecule has 160 valence electrons. The SMILES string of the molecule is Cc1ccc(OCC(=O)N2CCN(S(=O)(=O)c3ccc(F)cc3)CC2)c([N+](=O)[O-])c1. The zero-order valence-electron chi connectivity index (χ0n) is 16.2. The summed E-state index contributed by atoms with van der Waals surface area (Å²) in [7, 11) is -3.78. The number of piperazine rings is 1. The van der Waals surface area contributed by atoms with Gasteiger partial charge in [0.05, 0.1) is 9.82 Å². The molecule has 1 amide bonds. The minimum Gasteiger partial charge on any atom is -0.477 e. The van der Waals surface area contributed by atoms with Crippen LogP contribution in [-0.4, -0.2) is 61.2 Å². The van der Waals surface area contributed by atoms with Gasteiger partial charge in [0.2, 0.25) is 10.0 Å². The maximum atomic E-state index is 13.0. The third kappa shape index (κ3) is 4.74. The first kappa shape index (κ1) is 21.7.